The molecule has 21 heavy (non-hydrogen) atoms. The van der Waals surface area contributed by atoms with Crippen molar-refractivity contribution in [2.24, 2.45) is 0 Å². The Labute approximate surface area is 125 Å². The van der Waals surface area contributed by atoms with Crippen LogP contribution in [0.3, 0.4) is 0 Å². The Balaban J connectivity index is 1.55. The van der Waals surface area contributed by atoms with Crippen molar-refractivity contribution >= 4 is 11.7 Å². The smallest absolute Gasteiger partial charge is 0.319 e. The lowest BCUT2D eigenvalue weighted by atomic mass is 10.1. The molecule has 0 atom stereocenters. The van der Waals surface area contributed by atoms with E-state index in [1.54, 1.807) is 0 Å². The van der Waals surface area contributed by atoms with Crippen LogP contribution < -0.4 is 10.6 Å². The fourth-order valence-electron chi connectivity index (χ4n) is 2.71. The largest absolute Gasteiger partial charge is 0.334 e. The van der Waals surface area contributed by atoms with Gasteiger partial charge in [-0.1, -0.05) is 35.9 Å². The van der Waals surface area contributed by atoms with E-state index in [2.05, 4.69) is 41.8 Å². The minimum atomic E-state index is -0.159. The fraction of sp³-hybridized carbons (Fsp3) is 0.278. The van der Waals surface area contributed by atoms with Crippen LogP contribution in [0, 0.1) is 6.92 Å². The van der Waals surface area contributed by atoms with E-state index in [9.17, 15) is 4.79 Å². The first-order valence-electron chi connectivity index (χ1n) is 7.43. The lowest BCUT2D eigenvalue weighted by molar-refractivity contribution is 0.251. The summed E-state index contributed by atoms with van der Waals surface area (Å²) in [4.78, 5) is 11.9. The molecule has 2 N–H and O–H groups in total. The van der Waals surface area contributed by atoms with Gasteiger partial charge in [-0.05, 0) is 55.0 Å². The normalized spacial score (nSPS) is 12.8. The number of rotatable bonds is 3. The van der Waals surface area contributed by atoms with Crippen molar-refractivity contribution in [3.8, 4) is 0 Å². The van der Waals surface area contributed by atoms with Crippen LogP contribution in [0.5, 0.6) is 0 Å². The molecule has 1 aliphatic carbocycles. The number of fused-ring (bicyclic) bond motifs is 1. The second-order valence-electron chi connectivity index (χ2n) is 5.63. The van der Waals surface area contributed by atoms with E-state index in [0.717, 1.165) is 24.1 Å². The third-order valence-corrected chi connectivity index (χ3v) is 3.93. The number of nitrogens with one attached hydrogen (secondary N) is 2. The highest BCUT2D eigenvalue weighted by Gasteiger charge is 2.11. The Hall–Kier alpha value is -2.29. The minimum absolute atomic E-state index is 0.159. The average Bonchev–Trinajstić information content (AvgIpc) is 2.94. The van der Waals surface area contributed by atoms with E-state index < -0.39 is 0 Å². The maximum atomic E-state index is 11.9. The van der Waals surface area contributed by atoms with Crippen LogP contribution in [0.1, 0.15) is 28.7 Å². The summed E-state index contributed by atoms with van der Waals surface area (Å²) in [6, 6.07) is 14.2. The number of urea groups is 1. The summed E-state index contributed by atoms with van der Waals surface area (Å²) >= 11 is 0. The summed E-state index contributed by atoms with van der Waals surface area (Å²) in [6.07, 6.45) is 3.50. The van der Waals surface area contributed by atoms with Gasteiger partial charge in [0.2, 0.25) is 0 Å². The van der Waals surface area contributed by atoms with Crippen LogP contribution in [-0.2, 0) is 19.4 Å². The predicted molar refractivity (Wildman–Crippen MR) is 85.5 cm³/mol. The van der Waals surface area contributed by atoms with Gasteiger partial charge >= 0.3 is 6.03 Å². The summed E-state index contributed by atoms with van der Waals surface area (Å²) < 4.78 is 0. The van der Waals surface area contributed by atoms with Crippen LogP contribution in [0.2, 0.25) is 0 Å². The summed E-state index contributed by atoms with van der Waals surface area (Å²) in [6.45, 7) is 2.59. The molecule has 3 rings (SSSR count). The minimum Gasteiger partial charge on any atom is -0.334 e. The van der Waals surface area contributed by atoms with Gasteiger partial charge in [-0.15, -0.1) is 0 Å². The number of carbonyl (C=O) groups excluding carboxylic acids is 1. The Morgan fingerprint density at radius 1 is 1.05 bits per heavy atom. The Bertz CT molecular complexity index is 647. The van der Waals surface area contributed by atoms with Gasteiger partial charge in [0.05, 0.1) is 0 Å². The van der Waals surface area contributed by atoms with Crippen molar-refractivity contribution in [1.82, 2.24) is 5.32 Å². The van der Waals surface area contributed by atoms with E-state index in [1.807, 2.05) is 18.2 Å². The predicted octanol–water partition coefficient (Wildman–Crippen LogP) is 3.81. The Morgan fingerprint density at radius 3 is 2.62 bits per heavy atom. The third-order valence-electron chi connectivity index (χ3n) is 3.93. The van der Waals surface area contributed by atoms with Crippen molar-refractivity contribution in [3.63, 3.8) is 0 Å². The van der Waals surface area contributed by atoms with Crippen LogP contribution in [0.15, 0.2) is 42.5 Å². The van der Waals surface area contributed by atoms with Crippen molar-refractivity contribution in [2.45, 2.75) is 32.7 Å². The highest BCUT2D eigenvalue weighted by molar-refractivity contribution is 5.89. The molecule has 0 unspecified atom stereocenters. The lowest BCUT2D eigenvalue weighted by Gasteiger charge is -2.09. The zero-order valence-corrected chi connectivity index (χ0v) is 12.3. The molecule has 0 aliphatic heterocycles. The molecule has 2 aromatic rings. The topological polar surface area (TPSA) is 41.1 Å². The first-order chi connectivity index (χ1) is 10.2. The highest BCUT2D eigenvalue weighted by atomic mass is 16.2. The summed E-state index contributed by atoms with van der Waals surface area (Å²) in [5.41, 5.74) is 5.98. The standard InChI is InChI=1S/C18H20N2O/c1-13-5-7-14(8-6-13)12-19-18(21)20-17-10-9-15-3-2-4-16(15)11-17/h5-11H,2-4,12H2,1H3,(H2,19,20,21). The van der Waals surface area contributed by atoms with Gasteiger partial charge in [0.15, 0.2) is 0 Å². The van der Waals surface area contributed by atoms with Gasteiger partial charge in [-0.25, -0.2) is 4.79 Å². The second-order valence-corrected chi connectivity index (χ2v) is 5.63. The van der Waals surface area contributed by atoms with Gasteiger partial charge in [-0.3, -0.25) is 0 Å². The fourth-order valence-corrected chi connectivity index (χ4v) is 2.71. The third kappa shape index (κ3) is 3.43. The summed E-state index contributed by atoms with van der Waals surface area (Å²) in [5.74, 6) is 0. The first kappa shape index (κ1) is 13.7. The molecule has 0 heterocycles. The van der Waals surface area contributed by atoms with Gasteiger partial charge in [0.1, 0.15) is 0 Å². The maximum absolute atomic E-state index is 11.9. The molecule has 0 radical (unpaired) electrons. The molecule has 3 nitrogen and oxygen atoms in total. The van der Waals surface area contributed by atoms with Gasteiger partial charge in [-0.2, -0.15) is 0 Å². The first-order valence-corrected chi connectivity index (χ1v) is 7.43. The molecule has 0 spiro atoms. The van der Waals surface area contributed by atoms with Crippen LogP contribution >= 0.6 is 0 Å². The van der Waals surface area contributed by atoms with E-state index in [0.29, 0.717) is 6.54 Å². The summed E-state index contributed by atoms with van der Waals surface area (Å²) in [5, 5.41) is 5.79. The molecule has 0 aromatic heterocycles. The van der Waals surface area contributed by atoms with Crippen LogP contribution in [-0.4, -0.2) is 6.03 Å². The number of anilines is 1. The molecule has 2 aromatic carbocycles. The molecule has 1 aliphatic rings. The Morgan fingerprint density at radius 2 is 1.81 bits per heavy atom. The number of amides is 2. The van der Waals surface area contributed by atoms with Crippen molar-refractivity contribution in [2.75, 3.05) is 5.32 Å². The quantitative estimate of drug-likeness (QED) is 0.882. The number of hydrogen-bond donors (Lipinski definition) is 2. The van der Waals surface area contributed by atoms with Crippen molar-refractivity contribution in [1.29, 1.82) is 0 Å². The zero-order chi connectivity index (χ0) is 14.7. The molecular formula is C18H20N2O. The molecule has 2 amide bonds. The highest BCUT2D eigenvalue weighted by Crippen LogP contribution is 2.24. The van der Waals surface area contributed by atoms with E-state index in [-0.39, 0.29) is 6.03 Å². The zero-order valence-electron chi connectivity index (χ0n) is 12.3. The molecule has 0 fully saturated rings. The van der Waals surface area contributed by atoms with Gasteiger partial charge in [0.25, 0.3) is 0 Å². The van der Waals surface area contributed by atoms with Gasteiger partial charge in [0, 0.05) is 12.2 Å². The maximum Gasteiger partial charge on any atom is 0.319 e. The van der Waals surface area contributed by atoms with E-state index in [1.165, 1.54) is 23.1 Å². The summed E-state index contributed by atoms with van der Waals surface area (Å²) in [7, 11) is 0. The molecular weight excluding hydrogens is 260 g/mol. The lowest BCUT2D eigenvalue weighted by Crippen LogP contribution is -2.28. The SMILES string of the molecule is Cc1ccc(CNC(=O)Nc2ccc3c(c2)CCC3)cc1. The van der Waals surface area contributed by atoms with Crippen LogP contribution in [0.4, 0.5) is 10.5 Å². The molecule has 0 saturated carbocycles. The van der Waals surface area contributed by atoms with Crippen LogP contribution in [0.25, 0.3) is 0 Å². The van der Waals surface area contributed by atoms with E-state index in [4.69, 9.17) is 0 Å². The molecule has 0 bridgehead atoms. The number of hydrogen-bond acceptors (Lipinski definition) is 1. The number of aryl methyl sites for hydroxylation is 3. The average molecular weight is 280 g/mol. The Kier molecular flexibility index (Phi) is 3.91. The van der Waals surface area contributed by atoms with Gasteiger partial charge < -0.3 is 10.6 Å². The molecule has 0 saturated heterocycles. The molecule has 108 valence electrons. The monoisotopic (exact) mass is 280 g/mol. The molecule has 3 heteroatoms. The van der Waals surface area contributed by atoms with Crippen molar-refractivity contribution < 1.29 is 4.79 Å². The van der Waals surface area contributed by atoms with E-state index >= 15 is 0 Å². The number of carbonyl (C=O) groups is 1. The number of benzene rings is 2. The van der Waals surface area contributed by atoms with Crippen molar-refractivity contribution in [3.05, 3.63) is 64.7 Å². The second kappa shape index (κ2) is 6.00.